The van der Waals surface area contributed by atoms with Crippen molar-refractivity contribution in [1.29, 1.82) is 0 Å². The van der Waals surface area contributed by atoms with E-state index in [1.54, 1.807) is 0 Å². The summed E-state index contributed by atoms with van der Waals surface area (Å²) in [5, 5.41) is 0. The summed E-state index contributed by atoms with van der Waals surface area (Å²) in [7, 11) is -3.11. The first-order valence-corrected chi connectivity index (χ1v) is 16.5. The molecule has 2 nitrogen and oxygen atoms in total. The summed E-state index contributed by atoms with van der Waals surface area (Å²) in [6.07, 6.45) is 4.43. The van der Waals surface area contributed by atoms with Crippen molar-refractivity contribution in [1.82, 2.24) is 0 Å². The molecule has 4 unspecified atom stereocenters. The lowest BCUT2D eigenvalue weighted by atomic mass is 9.82. The van der Waals surface area contributed by atoms with E-state index in [4.69, 9.17) is 8.85 Å². The summed E-state index contributed by atoms with van der Waals surface area (Å²) in [5.41, 5.74) is 0. The van der Waals surface area contributed by atoms with Gasteiger partial charge in [0.2, 0.25) is 0 Å². The van der Waals surface area contributed by atoms with Crippen LogP contribution in [0.3, 0.4) is 0 Å². The minimum absolute atomic E-state index is 0.319. The second-order valence-electron chi connectivity index (χ2n) is 10.4. The molecule has 23 heavy (non-hydrogen) atoms. The van der Waals surface area contributed by atoms with Gasteiger partial charge >= 0.3 is 0 Å². The molecule has 138 valence electrons. The summed E-state index contributed by atoms with van der Waals surface area (Å²) in [6, 6.07) is 0. The van der Waals surface area contributed by atoms with Gasteiger partial charge in [0.1, 0.15) is 0 Å². The second kappa shape index (κ2) is 8.16. The Morgan fingerprint density at radius 3 is 1.65 bits per heavy atom. The fourth-order valence-electron chi connectivity index (χ4n) is 4.04. The molecule has 0 aromatic carbocycles. The van der Waals surface area contributed by atoms with E-state index in [1.165, 1.54) is 19.3 Å². The van der Waals surface area contributed by atoms with E-state index in [2.05, 4.69) is 67.0 Å². The summed E-state index contributed by atoms with van der Waals surface area (Å²) < 4.78 is 13.3. The number of hydrogen-bond acceptors (Lipinski definition) is 2. The highest BCUT2D eigenvalue weighted by atomic mass is 28.4. The van der Waals surface area contributed by atoms with Gasteiger partial charge in [-0.2, -0.15) is 0 Å². The van der Waals surface area contributed by atoms with Gasteiger partial charge in [0.05, 0.1) is 12.2 Å². The van der Waals surface area contributed by atoms with Crippen LogP contribution in [0.25, 0.3) is 0 Å². The van der Waals surface area contributed by atoms with Crippen molar-refractivity contribution in [3.63, 3.8) is 0 Å². The molecule has 0 spiro atoms. The van der Waals surface area contributed by atoms with E-state index < -0.39 is 16.6 Å². The molecule has 0 radical (unpaired) electrons. The third-order valence-corrected chi connectivity index (χ3v) is 6.43. The van der Waals surface area contributed by atoms with Crippen LogP contribution in [-0.4, -0.2) is 28.8 Å². The molecule has 1 rings (SSSR count). The average molecular weight is 359 g/mol. The third kappa shape index (κ3) is 7.85. The predicted octanol–water partition coefficient (Wildman–Crippen LogP) is 6.15. The smallest absolute Gasteiger partial charge is 0.184 e. The number of rotatable bonds is 8. The van der Waals surface area contributed by atoms with E-state index >= 15 is 0 Å². The van der Waals surface area contributed by atoms with Gasteiger partial charge in [-0.1, -0.05) is 27.7 Å². The fraction of sp³-hybridized carbons (Fsp3) is 1.00. The molecule has 1 aliphatic carbocycles. The Balaban J connectivity index is 3.03. The van der Waals surface area contributed by atoms with Gasteiger partial charge in [0, 0.05) is 0 Å². The van der Waals surface area contributed by atoms with Gasteiger partial charge < -0.3 is 8.85 Å². The lowest BCUT2D eigenvalue weighted by Gasteiger charge is -2.35. The second-order valence-corrected chi connectivity index (χ2v) is 19.3. The van der Waals surface area contributed by atoms with Crippen LogP contribution >= 0.6 is 0 Å². The Morgan fingerprint density at radius 1 is 0.783 bits per heavy atom. The molecule has 1 saturated carbocycles. The third-order valence-electron chi connectivity index (χ3n) is 4.44. The van der Waals surface area contributed by atoms with Crippen LogP contribution in [0.5, 0.6) is 0 Å². The summed E-state index contributed by atoms with van der Waals surface area (Å²) in [5.74, 6) is 2.92. The van der Waals surface area contributed by atoms with Crippen molar-refractivity contribution in [2.45, 2.75) is 98.4 Å². The molecular weight excluding hydrogens is 316 g/mol. The molecule has 0 aromatic rings. The Hall–Kier alpha value is 0.354. The average Bonchev–Trinajstić information content (AvgIpc) is 2.52. The van der Waals surface area contributed by atoms with Crippen LogP contribution in [0.4, 0.5) is 0 Å². The SMILES string of the molecule is CC(C)CC1CC(O[Si](C)(C)C)C(O[Si](C)(C)C)C1CC(C)C. The molecule has 4 heteroatoms. The molecule has 0 bridgehead atoms. The Labute approximate surface area is 148 Å². The standard InChI is InChI=1S/C19H42O2Si2/c1-14(2)11-16-13-18(20-22(5,6)7)19(21-23(8,9)10)17(16)12-15(3)4/h14-19H,11-13H2,1-10H3. The minimum atomic E-state index is -1.57. The molecule has 1 aliphatic rings. The van der Waals surface area contributed by atoms with Gasteiger partial charge in [-0.05, 0) is 82.2 Å². The van der Waals surface area contributed by atoms with E-state index in [-0.39, 0.29) is 0 Å². The van der Waals surface area contributed by atoms with Gasteiger partial charge in [-0.3, -0.25) is 0 Å². The van der Waals surface area contributed by atoms with E-state index in [1.807, 2.05) is 0 Å². The molecule has 0 heterocycles. The lowest BCUT2D eigenvalue weighted by molar-refractivity contribution is 0.0359. The Morgan fingerprint density at radius 2 is 1.26 bits per heavy atom. The minimum Gasteiger partial charge on any atom is -0.412 e. The Kier molecular flexibility index (Phi) is 7.59. The maximum atomic E-state index is 6.72. The fourth-order valence-corrected chi connectivity index (χ4v) is 6.32. The molecule has 4 atom stereocenters. The first-order chi connectivity index (χ1) is 10.3. The van der Waals surface area contributed by atoms with Crippen molar-refractivity contribution < 1.29 is 8.85 Å². The summed E-state index contributed by atoms with van der Waals surface area (Å²) >= 11 is 0. The molecule has 0 N–H and O–H groups in total. The largest absolute Gasteiger partial charge is 0.412 e. The van der Waals surface area contributed by atoms with Gasteiger partial charge in [-0.25, -0.2) is 0 Å². The highest BCUT2D eigenvalue weighted by Crippen LogP contribution is 2.44. The summed E-state index contributed by atoms with van der Waals surface area (Å²) in [6.45, 7) is 23.3. The van der Waals surface area contributed by atoms with E-state index in [0.717, 1.165) is 17.8 Å². The normalized spacial score (nSPS) is 29.7. The van der Waals surface area contributed by atoms with Crippen molar-refractivity contribution in [2.75, 3.05) is 0 Å². The molecular formula is C19H42O2Si2. The predicted molar refractivity (Wildman–Crippen MR) is 107 cm³/mol. The molecule has 0 aliphatic heterocycles. The van der Waals surface area contributed by atoms with Crippen LogP contribution in [0, 0.1) is 23.7 Å². The zero-order valence-electron chi connectivity index (χ0n) is 17.4. The quantitative estimate of drug-likeness (QED) is 0.484. The van der Waals surface area contributed by atoms with Gasteiger partial charge in [-0.15, -0.1) is 0 Å². The topological polar surface area (TPSA) is 18.5 Å². The monoisotopic (exact) mass is 358 g/mol. The van der Waals surface area contributed by atoms with Gasteiger partial charge in [0.25, 0.3) is 0 Å². The van der Waals surface area contributed by atoms with Gasteiger partial charge in [0.15, 0.2) is 16.6 Å². The van der Waals surface area contributed by atoms with Crippen LogP contribution in [0.1, 0.15) is 47.0 Å². The van der Waals surface area contributed by atoms with Crippen molar-refractivity contribution >= 4 is 16.6 Å². The molecule has 1 fully saturated rings. The van der Waals surface area contributed by atoms with Crippen molar-refractivity contribution in [3.05, 3.63) is 0 Å². The highest BCUT2D eigenvalue weighted by molar-refractivity contribution is 6.70. The summed E-state index contributed by atoms with van der Waals surface area (Å²) in [4.78, 5) is 0. The molecule has 0 saturated heterocycles. The van der Waals surface area contributed by atoms with Crippen LogP contribution in [0.2, 0.25) is 39.3 Å². The maximum absolute atomic E-state index is 6.72. The molecule has 0 amide bonds. The van der Waals surface area contributed by atoms with E-state index in [0.29, 0.717) is 18.1 Å². The molecule has 0 aromatic heterocycles. The first-order valence-electron chi connectivity index (χ1n) is 9.64. The maximum Gasteiger partial charge on any atom is 0.184 e. The highest BCUT2D eigenvalue weighted by Gasteiger charge is 2.47. The van der Waals surface area contributed by atoms with Crippen molar-refractivity contribution in [2.24, 2.45) is 23.7 Å². The van der Waals surface area contributed by atoms with Crippen LogP contribution < -0.4 is 0 Å². The van der Waals surface area contributed by atoms with E-state index in [9.17, 15) is 0 Å². The van der Waals surface area contributed by atoms with Crippen LogP contribution in [-0.2, 0) is 8.85 Å². The zero-order chi connectivity index (χ0) is 18.0. The lowest BCUT2D eigenvalue weighted by Crippen LogP contribution is -2.44. The zero-order valence-corrected chi connectivity index (χ0v) is 19.4. The Bertz CT molecular complexity index is 355. The van der Waals surface area contributed by atoms with Crippen LogP contribution in [0.15, 0.2) is 0 Å². The number of hydrogen-bond donors (Lipinski definition) is 0. The van der Waals surface area contributed by atoms with Crippen molar-refractivity contribution in [3.8, 4) is 0 Å². The first kappa shape index (κ1) is 21.4.